The summed E-state index contributed by atoms with van der Waals surface area (Å²) in [7, 11) is 2.09. The molecule has 0 aliphatic heterocycles. The van der Waals surface area contributed by atoms with Crippen molar-refractivity contribution < 1.29 is 8.98 Å². The zero-order chi connectivity index (χ0) is 24.1. The quantitative estimate of drug-likeness (QED) is 0.202. The average Bonchev–Trinajstić information content (AvgIpc) is 3.38. The van der Waals surface area contributed by atoms with Crippen molar-refractivity contribution in [2.24, 2.45) is 7.05 Å². The van der Waals surface area contributed by atoms with Gasteiger partial charge in [0.1, 0.15) is 34.8 Å². The molecule has 5 rings (SSSR count). The van der Waals surface area contributed by atoms with Gasteiger partial charge in [-0.15, -0.1) is 0 Å². The van der Waals surface area contributed by atoms with E-state index in [0.29, 0.717) is 23.1 Å². The maximum absolute atomic E-state index is 7.60. The third-order valence-electron chi connectivity index (χ3n) is 6.78. The second-order valence-corrected chi connectivity index (χ2v) is 9.70. The fourth-order valence-corrected chi connectivity index (χ4v) is 5.06. The van der Waals surface area contributed by atoms with E-state index >= 15 is 0 Å². The topological polar surface area (TPSA) is 26.3 Å². The molecule has 2 heterocycles. The molecule has 0 bridgehead atoms. The molecule has 0 radical (unpaired) electrons. The Bertz CT molecular complexity index is 1570. The Morgan fingerprint density at radius 2 is 1.53 bits per heavy atom. The summed E-state index contributed by atoms with van der Waals surface area (Å²) in [6, 6.07) is 16.7. The molecule has 34 heavy (non-hydrogen) atoms. The standard InChI is InChI=1S/C30H30N3O/c1-18(2)21-10-8-11-22(19(3)4)27(21)33-17-16-32(7)30(33)26-20(5)14-15-24-23-12-9-13-25(31-6)28(23)34-29(24)26/h8-19H,1-5,7H3/q+1. The number of para-hydroxylation sites is 2. The smallest absolute Gasteiger partial charge is 0.297 e. The van der Waals surface area contributed by atoms with Crippen molar-refractivity contribution in [2.45, 2.75) is 46.5 Å². The number of rotatable bonds is 4. The van der Waals surface area contributed by atoms with Crippen LogP contribution in [-0.4, -0.2) is 4.57 Å². The predicted octanol–water partition coefficient (Wildman–Crippen LogP) is 7.97. The molecule has 0 saturated carbocycles. The van der Waals surface area contributed by atoms with E-state index in [2.05, 4.69) is 98.4 Å². The molecule has 2 aromatic heterocycles. The van der Waals surface area contributed by atoms with Crippen LogP contribution in [0.25, 0.3) is 43.9 Å². The number of aromatic nitrogens is 2. The summed E-state index contributed by atoms with van der Waals surface area (Å²) in [5, 5.41) is 2.02. The van der Waals surface area contributed by atoms with E-state index in [0.717, 1.165) is 33.3 Å². The molecule has 0 spiro atoms. The van der Waals surface area contributed by atoms with E-state index in [-0.39, 0.29) is 0 Å². The Morgan fingerprint density at radius 3 is 2.18 bits per heavy atom. The maximum atomic E-state index is 7.60. The summed E-state index contributed by atoms with van der Waals surface area (Å²) in [5.41, 5.74) is 8.13. The molecule has 5 aromatic rings. The molecular weight excluding hydrogens is 418 g/mol. The van der Waals surface area contributed by atoms with Crippen LogP contribution >= 0.6 is 0 Å². The Labute approximate surface area is 200 Å². The van der Waals surface area contributed by atoms with Gasteiger partial charge in [-0.3, -0.25) is 0 Å². The summed E-state index contributed by atoms with van der Waals surface area (Å²) in [4.78, 5) is 3.70. The van der Waals surface area contributed by atoms with E-state index in [1.165, 1.54) is 16.8 Å². The summed E-state index contributed by atoms with van der Waals surface area (Å²) < 4.78 is 11.0. The van der Waals surface area contributed by atoms with Gasteiger partial charge in [0.05, 0.1) is 13.6 Å². The van der Waals surface area contributed by atoms with Gasteiger partial charge in [-0.1, -0.05) is 76.2 Å². The molecule has 0 unspecified atom stereocenters. The van der Waals surface area contributed by atoms with Crippen molar-refractivity contribution in [3.05, 3.63) is 89.0 Å². The van der Waals surface area contributed by atoms with Crippen molar-refractivity contribution in [1.29, 1.82) is 0 Å². The van der Waals surface area contributed by atoms with E-state index in [1.807, 2.05) is 18.2 Å². The van der Waals surface area contributed by atoms with Crippen molar-refractivity contribution in [1.82, 2.24) is 4.57 Å². The fourth-order valence-electron chi connectivity index (χ4n) is 5.06. The van der Waals surface area contributed by atoms with Gasteiger partial charge in [0.25, 0.3) is 5.82 Å². The SMILES string of the molecule is [C-]#[N+]c1cccc2c1oc1c(-c3n(-c4c(C(C)C)cccc4C(C)C)cc[n+]3C)c(C)ccc12. The lowest BCUT2D eigenvalue weighted by Crippen LogP contribution is -2.29. The average molecular weight is 449 g/mol. The van der Waals surface area contributed by atoms with Crippen LogP contribution in [0.3, 0.4) is 0 Å². The number of furan rings is 1. The minimum atomic E-state index is 0.388. The highest BCUT2D eigenvalue weighted by Crippen LogP contribution is 2.41. The molecule has 4 heteroatoms. The number of aryl methyl sites for hydroxylation is 2. The normalized spacial score (nSPS) is 11.7. The van der Waals surface area contributed by atoms with Gasteiger partial charge in [-0.2, -0.15) is 4.57 Å². The van der Waals surface area contributed by atoms with Gasteiger partial charge in [-0.25, -0.2) is 9.41 Å². The Balaban J connectivity index is 1.90. The summed E-state index contributed by atoms with van der Waals surface area (Å²) in [6.07, 6.45) is 4.27. The third-order valence-corrected chi connectivity index (χ3v) is 6.78. The number of nitrogens with zero attached hydrogens (tertiary/aromatic N) is 3. The van der Waals surface area contributed by atoms with Crippen molar-refractivity contribution in [3.8, 4) is 17.1 Å². The first-order valence-corrected chi connectivity index (χ1v) is 11.9. The largest absolute Gasteiger partial charge is 0.466 e. The zero-order valence-electron chi connectivity index (χ0n) is 20.7. The lowest BCUT2D eigenvalue weighted by molar-refractivity contribution is -0.659. The molecule has 0 fully saturated rings. The van der Waals surface area contributed by atoms with Crippen LogP contribution in [0.5, 0.6) is 0 Å². The summed E-state index contributed by atoms with van der Waals surface area (Å²) in [6.45, 7) is 18.7. The van der Waals surface area contributed by atoms with Crippen molar-refractivity contribution in [3.63, 3.8) is 0 Å². The van der Waals surface area contributed by atoms with Crippen molar-refractivity contribution >= 4 is 27.6 Å². The highest BCUT2D eigenvalue weighted by molar-refractivity contribution is 6.12. The third kappa shape index (κ3) is 3.23. The van der Waals surface area contributed by atoms with E-state index in [9.17, 15) is 0 Å². The Kier molecular flexibility index (Phi) is 5.29. The summed E-state index contributed by atoms with van der Waals surface area (Å²) >= 11 is 0. The van der Waals surface area contributed by atoms with Crippen LogP contribution < -0.4 is 4.57 Å². The lowest BCUT2D eigenvalue weighted by Gasteiger charge is -2.18. The lowest BCUT2D eigenvalue weighted by atomic mass is 9.92. The van der Waals surface area contributed by atoms with Crippen LogP contribution in [0.4, 0.5) is 5.69 Å². The van der Waals surface area contributed by atoms with E-state index < -0.39 is 0 Å². The Morgan fingerprint density at radius 1 is 0.882 bits per heavy atom. The van der Waals surface area contributed by atoms with E-state index in [1.54, 1.807) is 0 Å². The van der Waals surface area contributed by atoms with Gasteiger partial charge < -0.3 is 4.42 Å². The van der Waals surface area contributed by atoms with Crippen LogP contribution in [0.2, 0.25) is 0 Å². The van der Waals surface area contributed by atoms with Gasteiger partial charge in [0, 0.05) is 21.9 Å². The molecule has 3 aromatic carbocycles. The first-order valence-electron chi connectivity index (χ1n) is 11.9. The highest BCUT2D eigenvalue weighted by atomic mass is 16.3. The fraction of sp³-hybridized carbons (Fsp3) is 0.267. The molecule has 0 aliphatic rings. The maximum Gasteiger partial charge on any atom is 0.297 e. The number of imidazole rings is 1. The second-order valence-electron chi connectivity index (χ2n) is 9.70. The molecular formula is C30H30N3O+. The van der Waals surface area contributed by atoms with Crippen LogP contribution in [-0.2, 0) is 7.05 Å². The highest BCUT2D eigenvalue weighted by Gasteiger charge is 2.29. The predicted molar refractivity (Wildman–Crippen MR) is 139 cm³/mol. The molecule has 4 nitrogen and oxygen atoms in total. The van der Waals surface area contributed by atoms with Crippen LogP contribution in [0.15, 0.2) is 65.3 Å². The van der Waals surface area contributed by atoms with Crippen molar-refractivity contribution in [2.75, 3.05) is 0 Å². The van der Waals surface area contributed by atoms with Gasteiger partial charge in [0.15, 0.2) is 0 Å². The van der Waals surface area contributed by atoms with Gasteiger partial charge in [0.2, 0.25) is 5.69 Å². The molecule has 0 amide bonds. The minimum Gasteiger partial charge on any atom is -0.466 e. The van der Waals surface area contributed by atoms with Crippen LogP contribution in [0.1, 0.15) is 56.2 Å². The number of hydrogen-bond acceptors (Lipinski definition) is 1. The monoisotopic (exact) mass is 448 g/mol. The molecule has 0 aliphatic carbocycles. The number of fused-ring (bicyclic) bond motifs is 3. The second kappa shape index (κ2) is 8.18. The summed E-state index contributed by atoms with van der Waals surface area (Å²) in [5.74, 6) is 1.85. The van der Waals surface area contributed by atoms with Crippen LogP contribution in [0, 0.1) is 13.5 Å². The minimum absolute atomic E-state index is 0.388. The van der Waals surface area contributed by atoms with Gasteiger partial charge >= 0.3 is 0 Å². The molecule has 0 atom stereocenters. The van der Waals surface area contributed by atoms with E-state index in [4.69, 9.17) is 11.0 Å². The zero-order valence-corrected chi connectivity index (χ0v) is 20.7. The Hall–Kier alpha value is -3.84. The first kappa shape index (κ1) is 22.0. The van der Waals surface area contributed by atoms with Gasteiger partial charge in [-0.05, 0) is 24.3 Å². The first-order chi connectivity index (χ1) is 16.3. The molecule has 0 saturated heterocycles. The molecule has 0 N–H and O–H groups in total. The number of hydrogen-bond donors (Lipinski definition) is 0. The number of benzene rings is 3. The molecule has 170 valence electrons.